The molecular weight excluding hydrogens is 166 g/mol. The molecule has 5 unspecified atom stereocenters. The van der Waals surface area contributed by atoms with E-state index in [1.165, 1.54) is 0 Å². The first kappa shape index (κ1) is 11.0. The van der Waals surface area contributed by atoms with Crippen LogP contribution in [0.25, 0.3) is 0 Å². The highest BCUT2D eigenvalue weighted by Crippen LogP contribution is 2.34. The SMILES string of the molecule is CCC1CC(CO)C(C)C(O)C1N. The zero-order valence-electron chi connectivity index (χ0n) is 8.48. The summed E-state index contributed by atoms with van der Waals surface area (Å²) in [5, 5.41) is 18.9. The fourth-order valence-corrected chi connectivity index (χ4v) is 2.35. The molecular formula is C10H21NO2. The largest absolute Gasteiger partial charge is 0.396 e. The molecule has 0 aromatic heterocycles. The highest BCUT2D eigenvalue weighted by Gasteiger charge is 2.38. The number of nitrogens with two attached hydrogens (primary N) is 1. The predicted molar refractivity (Wildman–Crippen MR) is 52.1 cm³/mol. The third kappa shape index (κ3) is 2.03. The summed E-state index contributed by atoms with van der Waals surface area (Å²) in [6.07, 6.45) is 1.49. The van der Waals surface area contributed by atoms with Gasteiger partial charge in [-0.1, -0.05) is 20.3 Å². The van der Waals surface area contributed by atoms with Crippen molar-refractivity contribution in [1.29, 1.82) is 0 Å². The van der Waals surface area contributed by atoms with Gasteiger partial charge in [-0.2, -0.15) is 0 Å². The summed E-state index contributed by atoms with van der Waals surface area (Å²) in [6, 6.07) is -0.109. The lowest BCUT2D eigenvalue weighted by Crippen LogP contribution is -2.52. The summed E-state index contributed by atoms with van der Waals surface area (Å²) in [5.74, 6) is 0.714. The standard InChI is InChI=1S/C10H21NO2/c1-3-7-4-8(5-12)6(2)10(13)9(7)11/h6-10,12-13H,3-5,11H2,1-2H3. The van der Waals surface area contributed by atoms with Gasteiger partial charge >= 0.3 is 0 Å². The van der Waals surface area contributed by atoms with Crippen LogP contribution in [0.3, 0.4) is 0 Å². The molecule has 5 atom stereocenters. The molecule has 1 fully saturated rings. The summed E-state index contributed by atoms with van der Waals surface area (Å²) < 4.78 is 0. The lowest BCUT2D eigenvalue weighted by atomic mass is 9.70. The Hall–Kier alpha value is -0.120. The van der Waals surface area contributed by atoms with Crippen molar-refractivity contribution in [2.75, 3.05) is 6.61 Å². The molecule has 0 spiro atoms. The van der Waals surface area contributed by atoms with E-state index in [1.807, 2.05) is 6.92 Å². The minimum absolute atomic E-state index is 0.109. The van der Waals surface area contributed by atoms with Gasteiger partial charge in [-0.3, -0.25) is 0 Å². The average molecular weight is 187 g/mol. The van der Waals surface area contributed by atoms with E-state index in [0.29, 0.717) is 5.92 Å². The van der Waals surface area contributed by atoms with Gasteiger partial charge in [0, 0.05) is 12.6 Å². The lowest BCUT2D eigenvalue weighted by Gasteiger charge is -2.41. The zero-order valence-corrected chi connectivity index (χ0v) is 8.48. The molecule has 0 aromatic carbocycles. The lowest BCUT2D eigenvalue weighted by molar-refractivity contribution is -0.0215. The van der Waals surface area contributed by atoms with Crippen LogP contribution in [0.15, 0.2) is 0 Å². The highest BCUT2D eigenvalue weighted by molar-refractivity contribution is 4.92. The van der Waals surface area contributed by atoms with Gasteiger partial charge in [-0.15, -0.1) is 0 Å². The van der Waals surface area contributed by atoms with E-state index in [2.05, 4.69) is 6.92 Å². The van der Waals surface area contributed by atoms with Crippen LogP contribution >= 0.6 is 0 Å². The molecule has 1 rings (SSSR count). The highest BCUT2D eigenvalue weighted by atomic mass is 16.3. The van der Waals surface area contributed by atoms with Gasteiger partial charge in [0.2, 0.25) is 0 Å². The third-order valence-corrected chi connectivity index (χ3v) is 3.59. The van der Waals surface area contributed by atoms with E-state index in [1.54, 1.807) is 0 Å². The van der Waals surface area contributed by atoms with Crippen LogP contribution < -0.4 is 5.73 Å². The summed E-state index contributed by atoms with van der Waals surface area (Å²) in [4.78, 5) is 0. The second kappa shape index (κ2) is 4.40. The fraction of sp³-hybridized carbons (Fsp3) is 1.00. The number of hydrogen-bond donors (Lipinski definition) is 3. The fourth-order valence-electron chi connectivity index (χ4n) is 2.35. The normalized spacial score (nSPS) is 46.4. The summed E-state index contributed by atoms with van der Waals surface area (Å²) >= 11 is 0. The molecule has 0 amide bonds. The van der Waals surface area contributed by atoms with Gasteiger partial charge in [0.05, 0.1) is 6.10 Å². The molecule has 0 bridgehead atoms. The van der Waals surface area contributed by atoms with Crippen LogP contribution in [0, 0.1) is 17.8 Å². The summed E-state index contributed by atoms with van der Waals surface area (Å²) in [5.41, 5.74) is 5.91. The smallest absolute Gasteiger partial charge is 0.0722 e. The molecule has 0 radical (unpaired) electrons. The van der Waals surface area contributed by atoms with Crippen molar-refractivity contribution in [2.45, 2.75) is 38.8 Å². The number of aliphatic hydroxyl groups excluding tert-OH is 2. The molecule has 0 aromatic rings. The second-order valence-corrected chi connectivity index (χ2v) is 4.27. The Kier molecular flexibility index (Phi) is 3.71. The van der Waals surface area contributed by atoms with Gasteiger partial charge < -0.3 is 15.9 Å². The van der Waals surface area contributed by atoms with Gasteiger partial charge in [-0.25, -0.2) is 0 Å². The van der Waals surface area contributed by atoms with E-state index < -0.39 is 6.10 Å². The first-order valence-corrected chi connectivity index (χ1v) is 5.16. The van der Waals surface area contributed by atoms with Gasteiger partial charge in [-0.05, 0) is 24.2 Å². The topological polar surface area (TPSA) is 66.5 Å². The van der Waals surface area contributed by atoms with E-state index >= 15 is 0 Å². The molecule has 3 nitrogen and oxygen atoms in total. The molecule has 0 heterocycles. The molecule has 3 heteroatoms. The number of hydrogen-bond acceptors (Lipinski definition) is 3. The summed E-state index contributed by atoms with van der Waals surface area (Å²) in [6.45, 7) is 4.22. The summed E-state index contributed by atoms with van der Waals surface area (Å²) in [7, 11) is 0. The molecule has 1 aliphatic rings. The number of aliphatic hydroxyl groups is 2. The Morgan fingerprint density at radius 2 is 2.00 bits per heavy atom. The van der Waals surface area contributed by atoms with Crippen molar-refractivity contribution < 1.29 is 10.2 Å². The average Bonchev–Trinajstić information content (AvgIpc) is 2.15. The molecule has 0 saturated heterocycles. The molecule has 1 aliphatic carbocycles. The van der Waals surface area contributed by atoms with Crippen molar-refractivity contribution in [3.8, 4) is 0 Å². The van der Waals surface area contributed by atoms with Gasteiger partial charge in [0.15, 0.2) is 0 Å². The Balaban J connectivity index is 2.66. The van der Waals surface area contributed by atoms with Crippen molar-refractivity contribution in [1.82, 2.24) is 0 Å². The van der Waals surface area contributed by atoms with Crippen LogP contribution in [0.1, 0.15) is 26.7 Å². The first-order valence-electron chi connectivity index (χ1n) is 5.16. The minimum atomic E-state index is -0.448. The Labute approximate surface area is 79.9 Å². The van der Waals surface area contributed by atoms with Crippen molar-refractivity contribution in [2.24, 2.45) is 23.5 Å². The van der Waals surface area contributed by atoms with E-state index in [9.17, 15) is 5.11 Å². The second-order valence-electron chi connectivity index (χ2n) is 4.27. The van der Waals surface area contributed by atoms with E-state index in [4.69, 9.17) is 10.8 Å². The van der Waals surface area contributed by atoms with Crippen LogP contribution in [-0.2, 0) is 0 Å². The maximum atomic E-state index is 9.81. The Morgan fingerprint density at radius 3 is 2.46 bits per heavy atom. The Morgan fingerprint density at radius 1 is 1.38 bits per heavy atom. The first-order chi connectivity index (χ1) is 6.11. The molecule has 13 heavy (non-hydrogen) atoms. The van der Waals surface area contributed by atoms with Crippen molar-refractivity contribution >= 4 is 0 Å². The maximum Gasteiger partial charge on any atom is 0.0722 e. The third-order valence-electron chi connectivity index (χ3n) is 3.59. The molecule has 1 saturated carbocycles. The molecule has 0 aliphatic heterocycles. The number of rotatable bonds is 2. The Bertz CT molecular complexity index is 143. The van der Waals surface area contributed by atoms with Crippen molar-refractivity contribution in [3.63, 3.8) is 0 Å². The predicted octanol–water partition coefficient (Wildman–Crippen LogP) is 0.349. The van der Waals surface area contributed by atoms with E-state index in [0.717, 1.165) is 12.8 Å². The van der Waals surface area contributed by atoms with Crippen LogP contribution in [-0.4, -0.2) is 29.0 Å². The zero-order chi connectivity index (χ0) is 10.0. The van der Waals surface area contributed by atoms with Crippen LogP contribution in [0.2, 0.25) is 0 Å². The van der Waals surface area contributed by atoms with Gasteiger partial charge in [0.25, 0.3) is 0 Å². The van der Waals surface area contributed by atoms with Gasteiger partial charge in [0.1, 0.15) is 0 Å². The van der Waals surface area contributed by atoms with Crippen LogP contribution in [0.4, 0.5) is 0 Å². The minimum Gasteiger partial charge on any atom is -0.396 e. The van der Waals surface area contributed by atoms with Crippen LogP contribution in [0.5, 0.6) is 0 Å². The van der Waals surface area contributed by atoms with E-state index in [-0.39, 0.29) is 24.5 Å². The maximum absolute atomic E-state index is 9.81. The van der Waals surface area contributed by atoms with Crippen molar-refractivity contribution in [3.05, 3.63) is 0 Å². The molecule has 4 N–H and O–H groups in total. The molecule has 78 valence electrons. The quantitative estimate of drug-likeness (QED) is 0.584. The monoisotopic (exact) mass is 187 g/mol.